The molecule has 0 aromatic heterocycles. The van der Waals surface area contributed by atoms with Crippen LogP contribution in [0.3, 0.4) is 0 Å². The molecule has 4 heteroatoms. The molecule has 0 saturated heterocycles. The number of hydrogen-bond acceptors (Lipinski definition) is 4. The average Bonchev–Trinajstić information content (AvgIpc) is 2.73. The summed E-state index contributed by atoms with van der Waals surface area (Å²) in [7, 11) is 0. The van der Waals surface area contributed by atoms with Gasteiger partial charge in [0.05, 0.1) is 17.1 Å². The number of phenolic OH excluding ortho intramolecular Hbond substituents is 1. The first-order valence-corrected chi connectivity index (χ1v) is 8.61. The number of nitrogens with zero attached hydrogens (tertiary/aromatic N) is 3. The summed E-state index contributed by atoms with van der Waals surface area (Å²) in [6.45, 7) is 0. The Hall–Kier alpha value is -3.79. The van der Waals surface area contributed by atoms with Gasteiger partial charge in [-0.3, -0.25) is 4.99 Å². The van der Waals surface area contributed by atoms with E-state index in [-0.39, 0.29) is 5.75 Å². The first-order chi connectivity index (χ1) is 13.3. The lowest BCUT2D eigenvalue weighted by molar-refractivity contribution is 0.481. The minimum Gasteiger partial charge on any atom is -0.507 e. The van der Waals surface area contributed by atoms with Crippen molar-refractivity contribution in [2.24, 2.45) is 15.2 Å². The zero-order valence-corrected chi connectivity index (χ0v) is 14.5. The highest BCUT2D eigenvalue weighted by atomic mass is 16.3. The van der Waals surface area contributed by atoms with Gasteiger partial charge < -0.3 is 5.11 Å². The molecule has 0 aliphatic carbocycles. The summed E-state index contributed by atoms with van der Waals surface area (Å²) in [6, 6.07) is 28.6. The summed E-state index contributed by atoms with van der Waals surface area (Å²) >= 11 is 0. The van der Waals surface area contributed by atoms with Gasteiger partial charge >= 0.3 is 0 Å². The molecule has 0 aliphatic heterocycles. The van der Waals surface area contributed by atoms with E-state index in [2.05, 4.69) is 15.2 Å². The van der Waals surface area contributed by atoms with Gasteiger partial charge in [0.1, 0.15) is 5.75 Å². The van der Waals surface area contributed by atoms with Crippen molar-refractivity contribution in [3.05, 3.63) is 96.6 Å². The van der Waals surface area contributed by atoms with Crippen LogP contribution in [0.4, 0.5) is 17.1 Å². The predicted molar refractivity (Wildman–Crippen MR) is 110 cm³/mol. The van der Waals surface area contributed by atoms with Crippen molar-refractivity contribution in [3.63, 3.8) is 0 Å². The zero-order chi connectivity index (χ0) is 18.5. The van der Waals surface area contributed by atoms with Crippen molar-refractivity contribution in [3.8, 4) is 5.75 Å². The van der Waals surface area contributed by atoms with Crippen molar-refractivity contribution >= 4 is 34.0 Å². The monoisotopic (exact) mass is 351 g/mol. The molecule has 4 rings (SSSR count). The van der Waals surface area contributed by atoms with Crippen molar-refractivity contribution < 1.29 is 5.11 Å². The van der Waals surface area contributed by atoms with Gasteiger partial charge in [-0.05, 0) is 47.9 Å². The lowest BCUT2D eigenvalue weighted by Crippen LogP contribution is -1.84. The smallest absolute Gasteiger partial charge is 0.132 e. The molecule has 0 fully saturated rings. The van der Waals surface area contributed by atoms with Gasteiger partial charge in [0, 0.05) is 17.2 Å². The Labute approximate surface area is 157 Å². The second-order valence-corrected chi connectivity index (χ2v) is 6.03. The fourth-order valence-electron chi connectivity index (χ4n) is 2.74. The summed E-state index contributed by atoms with van der Waals surface area (Å²) in [5, 5.41) is 20.7. The van der Waals surface area contributed by atoms with Crippen LogP contribution in [0.2, 0.25) is 0 Å². The third kappa shape index (κ3) is 3.90. The number of phenols is 1. The average molecular weight is 351 g/mol. The number of hydrogen-bond donors (Lipinski definition) is 1. The van der Waals surface area contributed by atoms with Gasteiger partial charge in [-0.2, -0.15) is 10.2 Å². The Morgan fingerprint density at radius 1 is 0.593 bits per heavy atom. The first-order valence-electron chi connectivity index (χ1n) is 8.61. The summed E-state index contributed by atoms with van der Waals surface area (Å²) in [5.74, 6) is 0.241. The molecule has 0 heterocycles. The van der Waals surface area contributed by atoms with Crippen molar-refractivity contribution in [2.75, 3.05) is 0 Å². The highest BCUT2D eigenvalue weighted by Crippen LogP contribution is 2.28. The molecule has 4 aromatic rings. The molecule has 0 spiro atoms. The Bertz CT molecular complexity index is 1120. The van der Waals surface area contributed by atoms with Gasteiger partial charge in [-0.15, -0.1) is 0 Å². The summed E-state index contributed by atoms with van der Waals surface area (Å²) in [4.78, 5) is 4.45. The molecule has 0 radical (unpaired) electrons. The zero-order valence-electron chi connectivity index (χ0n) is 14.5. The summed E-state index contributed by atoms with van der Waals surface area (Å²) in [5.41, 5.74) is 3.03. The van der Waals surface area contributed by atoms with Gasteiger partial charge in [0.2, 0.25) is 0 Å². The molecule has 1 N–H and O–H groups in total. The number of benzene rings is 4. The fourth-order valence-corrected chi connectivity index (χ4v) is 2.74. The van der Waals surface area contributed by atoms with Gasteiger partial charge in [-0.25, -0.2) is 0 Å². The molecule has 0 amide bonds. The molecular weight excluding hydrogens is 334 g/mol. The van der Waals surface area contributed by atoms with Crippen LogP contribution in [-0.4, -0.2) is 11.3 Å². The van der Waals surface area contributed by atoms with Crippen LogP contribution in [0.5, 0.6) is 5.75 Å². The standard InChI is InChI=1S/C23H17N3O/c27-23-18(11-10-17-6-4-5-9-22(17)23)16-24-19-12-14-21(15-13-19)26-25-20-7-2-1-3-8-20/h1-16,27H. The first kappa shape index (κ1) is 16.7. The molecule has 4 nitrogen and oxygen atoms in total. The van der Waals surface area contributed by atoms with E-state index in [4.69, 9.17) is 0 Å². The van der Waals surface area contributed by atoms with Crippen LogP contribution >= 0.6 is 0 Å². The molecule has 4 aromatic carbocycles. The quantitative estimate of drug-likeness (QED) is 0.322. The van der Waals surface area contributed by atoms with Crippen LogP contribution in [0.1, 0.15) is 5.56 Å². The Morgan fingerprint density at radius 3 is 2.00 bits per heavy atom. The number of fused-ring (bicyclic) bond motifs is 1. The molecule has 130 valence electrons. The molecule has 0 unspecified atom stereocenters. The lowest BCUT2D eigenvalue weighted by atomic mass is 10.1. The van der Waals surface area contributed by atoms with E-state index in [1.165, 1.54) is 0 Å². The maximum Gasteiger partial charge on any atom is 0.132 e. The van der Waals surface area contributed by atoms with Crippen molar-refractivity contribution in [2.45, 2.75) is 0 Å². The molecule has 0 aliphatic rings. The SMILES string of the molecule is Oc1c(C=Nc2ccc(N=Nc3ccccc3)cc2)ccc2ccccc12. The van der Waals surface area contributed by atoms with Crippen LogP contribution in [0, 0.1) is 0 Å². The Balaban J connectivity index is 1.51. The van der Waals surface area contributed by atoms with E-state index in [9.17, 15) is 5.11 Å². The minimum absolute atomic E-state index is 0.241. The van der Waals surface area contributed by atoms with E-state index in [0.29, 0.717) is 5.56 Å². The molecule has 0 saturated carbocycles. The minimum atomic E-state index is 0.241. The maximum atomic E-state index is 10.4. The number of aromatic hydroxyl groups is 1. The van der Waals surface area contributed by atoms with Crippen molar-refractivity contribution in [1.82, 2.24) is 0 Å². The number of rotatable bonds is 4. The van der Waals surface area contributed by atoms with Crippen LogP contribution < -0.4 is 0 Å². The van der Waals surface area contributed by atoms with E-state index in [1.807, 2.05) is 91.0 Å². The van der Waals surface area contributed by atoms with Crippen LogP contribution in [0.15, 0.2) is 106 Å². The third-order valence-corrected chi connectivity index (χ3v) is 4.17. The lowest BCUT2D eigenvalue weighted by Gasteiger charge is -2.04. The number of aliphatic imine (C=N–C) groups is 1. The van der Waals surface area contributed by atoms with Gasteiger partial charge in [0.25, 0.3) is 0 Å². The molecule has 0 atom stereocenters. The van der Waals surface area contributed by atoms with Crippen LogP contribution in [0.25, 0.3) is 10.8 Å². The largest absolute Gasteiger partial charge is 0.507 e. The highest BCUT2D eigenvalue weighted by Gasteiger charge is 2.03. The highest BCUT2D eigenvalue weighted by molar-refractivity contribution is 5.97. The Morgan fingerprint density at radius 2 is 1.22 bits per heavy atom. The van der Waals surface area contributed by atoms with E-state index < -0.39 is 0 Å². The van der Waals surface area contributed by atoms with Gasteiger partial charge in [0.15, 0.2) is 0 Å². The molecular formula is C23H17N3O. The van der Waals surface area contributed by atoms with Crippen molar-refractivity contribution in [1.29, 1.82) is 0 Å². The van der Waals surface area contributed by atoms with E-state index >= 15 is 0 Å². The van der Waals surface area contributed by atoms with E-state index in [0.717, 1.165) is 27.8 Å². The Kier molecular flexibility index (Phi) is 4.70. The topological polar surface area (TPSA) is 57.3 Å². The number of azo groups is 1. The predicted octanol–water partition coefficient (Wildman–Crippen LogP) is 6.71. The normalized spacial score (nSPS) is 11.6. The van der Waals surface area contributed by atoms with E-state index in [1.54, 1.807) is 6.21 Å². The fraction of sp³-hybridized carbons (Fsp3) is 0. The van der Waals surface area contributed by atoms with Gasteiger partial charge in [-0.1, -0.05) is 48.5 Å². The third-order valence-electron chi connectivity index (χ3n) is 4.17. The van der Waals surface area contributed by atoms with Crippen LogP contribution in [-0.2, 0) is 0 Å². The summed E-state index contributed by atoms with van der Waals surface area (Å²) in [6.07, 6.45) is 1.67. The maximum absolute atomic E-state index is 10.4. The summed E-state index contributed by atoms with van der Waals surface area (Å²) < 4.78 is 0. The second kappa shape index (κ2) is 7.62. The molecule has 27 heavy (non-hydrogen) atoms. The second-order valence-electron chi connectivity index (χ2n) is 6.03. The molecule has 0 bridgehead atoms.